The van der Waals surface area contributed by atoms with Gasteiger partial charge in [-0.1, -0.05) is 5.57 Å². The first-order valence-electron chi connectivity index (χ1n) is 4.74. The Balaban J connectivity index is 2.24. The lowest BCUT2D eigenvalue weighted by atomic mass is 9.95. The van der Waals surface area contributed by atoms with Gasteiger partial charge in [0.1, 0.15) is 0 Å². The van der Waals surface area contributed by atoms with Gasteiger partial charge in [0.25, 0.3) is 5.60 Å². The average molecular weight is 182 g/mol. The van der Waals surface area contributed by atoms with Gasteiger partial charge < -0.3 is 9.84 Å². The summed E-state index contributed by atoms with van der Waals surface area (Å²) in [5, 5.41) is 9.08. The Morgan fingerprint density at radius 3 is 2.46 bits per heavy atom. The van der Waals surface area contributed by atoms with Crippen molar-refractivity contribution in [3.05, 3.63) is 11.1 Å². The summed E-state index contributed by atoms with van der Waals surface area (Å²) in [5.41, 5.74) is 1.33. The number of hydrogen-bond acceptors (Lipinski definition) is 3. The van der Waals surface area contributed by atoms with Gasteiger partial charge in [-0.05, 0) is 38.2 Å². The van der Waals surface area contributed by atoms with Crippen LogP contribution in [0.15, 0.2) is 11.1 Å². The van der Waals surface area contributed by atoms with E-state index in [2.05, 4.69) is 0 Å². The molecule has 1 N–H and O–H groups in total. The SMILES string of the molecule is CC(=C1CCCC1)C1(CO)OC1=O. The van der Waals surface area contributed by atoms with Crippen molar-refractivity contribution in [3.8, 4) is 0 Å². The third-order valence-corrected chi connectivity index (χ3v) is 3.12. The minimum Gasteiger partial charge on any atom is -0.437 e. The van der Waals surface area contributed by atoms with E-state index >= 15 is 0 Å². The van der Waals surface area contributed by atoms with Gasteiger partial charge in [-0.2, -0.15) is 0 Å². The first kappa shape index (κ1) is 8.75. The summed E-state index contributed by atoms with van der Waals surface area (Å²) in [7, 11) is 0. The van der Waals surface area contributed by atoms with E-state index in [-0.39, 0.29) is 12.6 Å². The number of epoxide rings is 1. The molecule has 1 aliphatic heterocycles. The van der Waals surface area contributed by atoms with Crippen LogP contribution in [0, 0.1) is 0 Å². The molecule has 2 fully saturated rings. The molecular formula is C10H14O3. The Kier molecular flexibility index (Phi) is 1.91. The molecule has 1 saturated carbocycles. The van der Waals surface area contributed by atoms with Crippen LogP contribution in [-0.2, 0) is 9.53 Å². The smallest absolute Gasteiger partial charge is 0.359 e. The first-order valence-corrected chi connectivity index (χ1v) is 4.74. The quantitative estimate of drug-likeness (QED) is 0.515. The topological polar surface area (TPSA) is 49.8 Å². The highest BCUT2D eigenvalue weighted by Crippen LogP contribution is 2.41. The summed E-state index contributed by atoms with van der Waals surface area (Å²) in [6.45, 7) is 1.70. The summed E-state index contributed by atoms with van der Waals surface area (Å²) in [6.07, 6.45) is 4.51. The summed E-state index contributed by atoms with van der Waals surface area (Å²) in [6, 6.07) is 0. The van der Waals surface area contributed by atoms with Crippen LogP contribution in [0.2, 0.25) is 0 Å². The highest BCUT2D eigenvalue weighted by Gasteiger charge is 2.59. The molecule has 1 atom stereocenters. The highest BCUT2D eigenvalue weighted by molar-refractivity contribution is 5.97. The maximum atomic E-state index is 11.0. The standard InChI is InChI=1S/C10H14O3/c1-7(8-4-2-3-5-8)10(6-11)9(12)13-10/h11H,2-6H2,1H3. The van der Waals surface area contributed by atoms with Crippen molar-refractivity contribution in [3.63, 3.8) is 0 Å². The third kappa shape index (κ3) is 1.18. The van der Waals surface area contributed by atoms with Crippen molar-refractivity contribution in [2.75, 3.05) is 6.61 Å². The fraction of sp³-hybridized carbons (Fsp3) is 0.700. The largest absolute Gasteiger partial charge is 0.437 e. The summed E-state index contributed by atoms with van der Waals surface area (Å²) in [5.74, 6) is -0.271. The fourth-order valence-corrected chi connectivity index (χ4v) is 2.04. The number of hydrogen-bond donors (Lipinski definition) is 1. The normalized spacial score (nSPS) is 31.8. The second-order valence-electron chi connectivity index (χ2n) is 3.81. The Hall–Kier alpha value is -0.830. The molecule has 0 spiro atoms. The Labute approximate surface area is 77.4 Å². The minimum atomic E-state index is -0.931. The molecule has 2 aliphatic rings. The Bertz CT molecular complexity index is 272. The summed E-state index contributed by atoms with van der Waals surface area (Å²) >= 11 is 0. The molecule has 13 heavy (non-hydrogen) atoms. The zero-order valence-electron chi connectivity index (χ0n) is 7.80. The zero-order chi connectivity index (χ0) is 9.47. The summed E-state index contributed by atoms with van der Waals surface area (Å²) < 4.78 is 4.88. The number of carbonyl (C=O) groups is 1. The first-order chi connectivity index (χ1) is 6.20. The molecule has 0 amide bonds. The van der Waals surface area contributed by atoms with E-state index in [9.17, 15) is 4.79 Å². The second kappa shape index (κ2) is 2.84. The molecule has 1 saturated heterocycles. The monoisotopic (exact) mass is 182 g/mol. The van der Waals surface area contributed by atoms with Gasteiger partial charge in [0.15, 0.2) is 0 Å². The number of allylic oxidation sites excluding steroid dienone is 1. The van der Waals surface area contributed by atoms with Crippen LogP contribution < -0.4 is 0 Å². The number of ether oxygens (including phenoxy) is 1. The van der Waals surface area contributed by atoms with Crippen molar-refractivity contribution < 1.29 is 14.6 Å². The molecule has 0 aromatic rings. The molecule has 0 aromatic heterocycles. The maximum absolute atomic E-state index is 11.0. The molecule has 72 valence electrons. The van der Waals surface area contributed by atoms with Gasteiger partial charge in [0.2, 0.25) is 0 Å². The van der Waals surface area contributed by atoms with E-state index in [0.717, 1.165) is 18.4 Å². The van der Waals surface area contributed by atoms with Crippen molar-refractivity contribution >= 4 is 5.97 Å². The van der Waals surface area contributed by atoms with E-state index in [0.29, 0.717) is 0 Å². The number of cyclic esters (lactones) is 1. The number of rotatable bonds is 2. The van der Waals surface area contributed by atoms with E-state index in [1.165, 1.54) is 18.4 Å². The molecule has 1 heterocycles. The van der Waals surface area contributed by atoms with Gasteiger partial charge in [0.05, 0.1) is 6.61 Å². The van der Waals surface area contributed by atoms with Gasteiger partial charge in [0, 0.05) is 0 Å². The molecule has 0 bridgehead atoms. The minimum absolute atomic E-state index is 0.207. The van der Waals surface area contributed by atoms with Crippen molar-refractivity contribution in [1.29, 1.82) is 0 Å². The third-order valence-electron chi connectivity index (χ3n) is 3.12. The number of aliphatic hydroxyl groups excluding tert-OH is 1. The highest BCUT2D eigenvalue weighted by atomic mass is 16.7. The van der Waals surface area contributed by atoms with Crippen molar-refractivity contribution in [2.45, 2.75) is 38.2 Å². The second-order valence-corrected chi connectivity index (χ2v) is 3.81. The maximum Gasteiger partial charge on any atom is 0.359 e. The van der Waals surface area contributed by atoms with Gasteiger partial charge in [-0.25, -0.2) is 4.79 Å². The summed E-state index contributed by atoms with van der Waals surface area (Å²) in [4.78, 5) is 11.0. The van der Waals surface area contributed by atoms with Gasteiger partial charge in [-0.3, -0.25) is 0 Å². The lowest BCUT2D eigenvalue weighted by Crippen LogP contribution is -2.21. The Morgan fingerprint density at radius 2 is 2.08 bits per heavy atom. The van der Waals surface area contributed by atoms with E-state index < -0.39 is 5.60 Å². The number of carbonyl (C=O) groups excluding carboxylic acids is 1. The van der Waals surface area contributed by atoms with Crippen LogP contribution in [-0.4, -0.2) is 23.3 Å². The zero-order valence-corrected chi connectivity index (χ0v) is 7.80. The average Bonchev–Trinajstić information content (AvgIpc) is 2.62. The van der Waals surface area contributed by atoms with Gasteiger partial charge >= 0.3 is 5.97 Å². The molecule has 3 heteroatoms. The van der Waals surface area contributed by atoms with E-state index in [4.69, 9.17) is 9.84 Å². The molecule has 0 aromatic carbocycles. The molecule has 0 radical (unpaired) electrons. The predicted octanol–water partition coefficient (Wildman–Crippen LogP) is 1.16. The van der Waals surface area contributed by atoms with Crippen LogP contribution in [0.1, 0.15) is 32.6 Å². The lowest BCUT2D eigenvalue weighted by molar-refractivity contribution is -0.117. The van der Waals surface area contributed by atoms with Crippen LogP contribution in [0.25, 0.3) is 0 Å². The lowest BCUT2D eigenvalue weighted by Gasteiger charge is -2.08. The fourth-order valence-electron chi connectivity index (χ4n) is 2.04. The molecule has 2 rings (SSSR count). The van der Waals surface area contributed by atoms with Crippen LogP contribution >= 0.6 is 0 Å². The Morgan fingerprint density at radius 1 is 1.54 bits per heavy atom. The molecule has 1 unspecified atom stereocenters. The number of aliphatic hydroxyl groups is 1. The van der Waals surface area contributed by atoms with Crippen LogP contribution in [0.4, 0.5) is 0 Å². The molecule has 1 aliphatic carbocycles. The molecular weight excluding hydrogens is 168 g/mol. The van der Waals surface area contributed by atoms with Crippen molar-refractivity contribution in [2.24, 2.45) is 0 Å². The van der Waals surface area contributed by atoms with Crippen LogP contribution in [0.3, 0.4) is 0 Å². The van der Waals surface area contributed by atoms with Crippen molar-refractivity contribution in [1.82, 2.24) is 0 Å². The van der Waals surface area contributed by atoms with Gasteiger partial charge in [-0.15, -0.1) is 0 Å². The van der Waals surface area contributed by atoms with E-state index in [1.807, 2.05) is 6.92 Å². The predicted molar refractivity (Wildman–Crippen MR) is 47.1 cm³/mol. The molecule has 3 nitrogen and oxygen atoms in total. The van der Waals surface area contributed by atoms with Crippen LogP contribution in [0.5, 0.6) is 0 Å². The van der Waals surface area contributed by atoms with E-state index in [1.54, 1.807) is 0 Å².